The van der Waals surface area contributed by atoms with Gasteiger partial charge < -0.3 is 4.74 Å². The number of rotatable bonds is 4. The monoisotopic (exact) mass is 362 g/mol. The van der Waals surface area contributed by atoms with E-state index in [2.05, 4.69) is 28.0 Å². The molecule has 1 heterocycles. The van der Waals surface area contributed by atoms with E-state index in [4.69, 9.17) is 27.9 Å². The van der Waals surface area contributed by atoms with E-state index in [-0.39, 0.29) is 0 Å². The summed E-state index contributed by atoms with van der Waals surface area (Å²) >= 11 is 15.4. The molecule has 0 saturated carbocycles. The highest BCUT2D eigenvalue weighted by Gasteiger charge is 2.13. The predicted octanol–water partition coefficient (Wildman–Crippen LogP) is 4.63. The van der Waals surface area contributed by atoms with E-state index in [1.54, 1.807) is 18.2 Å². The van der Waals surface area contributed by atoms with Crippen LogP contribution in [0.1, 0.15) is 18.3 Å². The van der Waals surface area contributed by atoms with E-state index < -0.39 is 0 Å². The van der Waals surface area contributed by atoms with Gasteiger partial charge in [-0.25, -0.2) is 0 Å². The highest BCUT2D eigenvalue weighted by Crippen LogP contribution is 2.28. The van der Waals surface area contributed by atoms with E-state index >= 15 is 0 Å². The first-order chi connectivity index (χ1) is 9.02. The predicted molar refractivity (Wildman–Crippen MR) is 81.1 cm³/mol. The lowest BCUT2D eigenvalue weighted by atomic mass is 10.3. The van der Waals surface area contributed by atoms with Crippen LogP contribution in [0.3, 0.4) is 0 Å². The van der Waals surface area contributed by atoms with Gasteiger partial charge in [0, 0.05) is 13.1 Å². The Morgan fingerprint density at radius 1 is 1.32 bits per heavy atom. The maximum absolute atomic E-state index is 5.95. The summed E-state index contributed by atoms with van der Waals surface area (Å²) < 4.78 is 8.53. The van der Waals surface area contributed by atoms with Crippen LogP contribution in [0.5, 0.6) is 5.75 Å². The molecule has 102 valence electrons. The average molecular weight is 364 g/mol. The van der Waals surface area contributed by atoms with Crippen molar-refractivity contribution in [2.75, 3.05) is 0 Å². The molecule has 0 aliphatic rings. The van der Waals surface area contributed by atoms with E-state index in [9.17, 15) is 0 Å². The molecule has 1 aromatic heterocycles. The molecule has 0 unspecified atom stereocenters. The van der Waals surface area contributed by atoms with Crippen molar-refractivity contribution >= 4 is 39.1 Å². The number of halogens is 3. The molecule has 0 N–H and O–H groups in total. The van der Waals surface area contributed by atoms with Crippen LogP contribution in [0.2, 0.25) is 10.0 Å². The second-order valence-electron chi connectivity index (χ2n) is 4.05. The molecule has 2 aromatic rings. The van der Waals surface area contributed by atoms with Gasteiger partial charge in [-0.2, -0.15) is 5.10 Å². The third-order valence-corrected chi connectivity index (χ3v) is 4.42. The van der Waals surface area contributed by atoms with Gasteiger partial charge in [-0.3, -0.25) is 4.68 Å². The minimum Gasteiger partial charge on any atom is -0.487 e. The molecule has 0 saturated heterocycles. The van der Waals surface area contributed by atoms with E-state index in [1.807, 2.05) is 11.7 Å². The molecule has 1 aromatic carbocycles. The van der Waals surface area contributed by atoms with Crippen LogP contribution in [-0.2, 0) is 20.1 Å². The lowest BCUT2D eigenvalue weighted by Gasteiger charge is -2.08. The molecular weight excluding hydrogens is 351 g/mol. The molecule has 0 radical (unpaired) electrons. The molecule has 0 atom stereocenters. The SMILES string of the molecule is CCc1nn(C)c(COc2ccc(Cl)c(Cl)c2)c1Br. The summed E-state index contributed by atoms with van der Waals surface area (Å²) in [5, 5.41) is 5.42. The molecule has 0 aliphatic heterocycles. The van der Waals surface area contributed by atoms with Crippen molar-refractivity contribution in [2.24, 2.45) is 7.05 Å². The van der Waals surface area contributed by atoms with Gasteiger partial charge in [-0.1, -0.05) is 30.1 Å². The zero-order chi connectivity index (χ0) is 14.0. The maximum atomic E-state index is 5.95. The number of benzene rings is 1. The summed E-state index contributed by atoms with van der Waals surface area (Å²) in [6, 6.07) is 5.21. The van der Waals surface area contributed by atoms with Gasteiger partial charge in [0.1, 0.15) is 12.4 Å². The Morgan fingerprint density at radius 3 is 2.63 bits per heavy atom. The number of aromatic nitrogens is 2. The Hall–Kier alpha value is -0.710. The first-order valence-corrected chi connectivity index (χ1v) is 7.36. The third-order valence-electron chi connectivity index (χ3n) is 2.77. The molecular formula is C13H13BrCl2N2O. The quantitative estimate of drug-likeness (QED) is 0.791. The Bertz CT molecular complexity index is 599. The van der Waals surface area contributed by atoms with Gasteiger partial charge in [-0.05, 0) is 34.5 Å². The van der Waals surface area contributed by atoms with Crippen LogP contribution in [0.4, 0.5) is 0 Å². The number of hydrogen-bond donors (Lipinski definition) is 0. The Kier molecular flexibility index (Phi) is 4.76. The molecule has 0 amide bonds. The Balaban J connectivity index is 2.14. The molecule has 6 heteroatoms. The van der Waals surface area contributed by atoms with Crippen molar-refractivity contribution in [3.63, 3.8) is 0 Å². The van der Waals surface area contributed by atoms with Gasteiger partial charge in [-0.15, -0.1) is 0 Å². The van der Waals surface area contributed by atoms with E-state index in [0.29, 0.717) is 22.4 Å². The first kappa shape index (κ1) is 14.7. The number of hydrogen-bond acceptors (Lipinski definition) is 2. The normalized spacial score (nSPS) is 10.8. The van der Waals surface area contributed by atoms with Crippen LogP contribution in [0, 0.1) is 0 Å². The first-order valence-electron chi connectivity index (χ1n) is 5.81. The number of ether oxygens (including phenoxy) is 1. The van der Waals surface area contributed by atoms with Crippen molar-refractivity contribution in [3.8, 4) is 5.75 Å². The van der Waals surface area contributed by atoms with Crippen molar-refractivity contribution in [3.05, 3.63) is 44.1 Å². The fourth-order valence-corrected chi connectivity index (χ4v) is 2.71. The summed E-state index contributed by atoms with van der Waals surface area (Å²) in [4.78, 5) is 0. The van der Waals surface area contributed by atoms with Crippen molar-refractivity contribution < 1.29 is 4.74 Å². The number of nitrogens with zero attached hydrogens (tertiary/aromatic N) is 2. The summed E-state index contributed by atoms with van der Waals surface area (Å²) in [7, 11) is 1.90. The van der Waals surface area contributed by atoms with Crippen LogP contribution in [0.25, 0.3) is 0 Å². The third kappa shape index (κ3) is 3.25. The van der Waals surface area contributed by atoms with Gasteiger partial charge in [0.05, 0.1) is 25.9 Å². The second-order valence-corrected chi connectivity index (χ2v) is 5.66. The molecule has 0 bridgehead atoms. The largest absolute Gasteiger partial charge is 0.487 e. The lowest BCUT2D eigenvalue weighted by molar-refractivity contribution is 0.294. The van der Waals surface area contributed by atoms with Crippen LogP contribution in [-0.4, -0.2) is 9.78 Å². The van der Waals surface area contributed by atoms with Crippen LogP contribution in [0.15, 0.2) is 22.7 Å². The van der Waals surface area contributed by atoms with Gasteiger partial charge in [0.2, 0.25) is 0 Å². The fraction of sp³-hybridized carbons (Fsp3) is 0.308. The van der Waals surface area contributed by atoms with Gasteiger partial charge >= 0.3 is 0 Å². The van der Waals surface area contributed by atoms with Crippen molar-refractivity contribution in [1.29, 1.82) is 0 Å². The van der Waals surface area contributed by atoms with E-state index in [0.717, 1.165) is 22.3 Å². The molecule has 2 rings (SSSR count). The summed E-state index contributed by atoms with van der Waals surface area (Å²) in [6.45, 7) is 2.48. The minimum absolute atomic E-state index is 0.419. The molecule has 19 heavy (non-hydrogen) atoms. The summed E-state index contributed by atoms with van der Waals surface area (Å²) in [6.07, 6.45) is 0.876. The zero-order valence-electron chi connectivity index (χ0n) is 10.6. The molecule has 0 aliphatic carbocycles. The number of aryl methyl sites for hydroxylation is 2. The fourth-order valence-electron chi connectivity index (χ4n) is 1.69. The van der Waals surface area contributed by atoms with Gasteiger partial charge in [0.15, 0.2) is 0 Å². The van der Waals surface area contributed by atoms with Gasteiger partial charge in [0.25, 0.3) is 0 Å². The van der Waals surface area contributed by atoms with Crippen LogP contribution >= 0.6 is 39.1 Å². The van der Waals surface area contributed by atoms with E-state index in [1.165, 1.54) is 0 Å². The Morgan fingerprint density at radius 2 is 2.05 bits per heavy atom. The Labute approximate surface area is 130 Å². The molecule has 3 nitrogen and oxygen atoms in total. The highest BCUT2D eigenvalue weighted by molar-refractivity contribution is 9.10. The highest BCUT2D eigenvalue weighted by atomic mass is 79.9. The minimum atomic E-state index is 0.419. The van der Waals surface area contributed by atoms with Crippen LogP contribution < -0.4 is 4.74 Å². The average Bonchev–Trinajstić information content (AvgIpc) is 2.66. The smallest absolute Gasteiger partial charge is 0.131 e. The summed E-state index contributed by atoms with van der Waals surface area (Å²) in [5.41, 5.74) is 2.01. The standard InChI is InChI=1S/C13H13BrCl2N2O/c1-3-11-13(14)12(18(2)17-11)7-19-8-4-5-9(15)10(16)6-8/h4-6H,3,7H2,1-2H3. The topological polar surface area (TPSA) is 27.1 Å². The zero-order valence-corrected chi connectivity index (χ0v) is 13.7. The summed E-state index contributed by atoms with van der Waals surface area (Å²) in [5.74, 6) is 0.681. The molecule has 0 spiro atoms. The van der Waals surface area contributed by atoms with Crippen molar-refractivity contribution in [1.82, 2.24) is 9.78 Å². The lowest BCUT2D eigenvalue weighted by Crippen LogP contribution is -2.03. The molecule has 0 fully saturated rings. The maximum Gasteiger partial charge on any atom is 0.131 e. The van der Waals surface area contributed by atoms with Crippen molar-refractivity contribution in [2.45, 2.75) is 20.0 Å². The second kappa shape index (κ2) is 6.16.